The molecule has 0 spiro atoms. The lowest BCUT2D eigenvalue weighted by Gasteiger charge is -2.24. The van der Waals surface area contributed by atoms with E-state index in [1.807, 2.05) is 0 Å². The van der Waals surface area contributed by atoms with Gasteiger partial charge in [-0.15, -0.1) is 0 Å². The Bertz CT molecular complexity index is 116. The molecule has 0 aliphatic rings. The first-order valence-electron chi connectivity index (χ1n) is 5.68. The zero-order valence-corrected chi connectivity index (χ0v) is 10.1. The number of rotatable bonds is 7. The molecule has 0 atom stereocenters. The van der Waals surface area contributed by atoms with Gasteiger partial charge in [0.1, 0.15) is 0 Å². The van der Waals surface area contributed by atoms with Gasteiger partial charge in [-0.05, 0) is 37.3 Å². The molecule has 0 bridgehead atoms. The van der Waals surface area contributed by atoms with Gasteiger partial charge in [0.2, 0.25) is 0 Å². The molecular weight excluding hydrogens is 158 g/mol. The highest BCUT2D eigenvalue weighted by Crippen LogP contribution is 2.25. The van der Waals surface area contributed by atoms with E-state index in [0.29, 0.717) is 5.41 Å². The fourth-order valence-corrected chi connectivity index (χ4v) is 1.62. The van der Waals surface area contributed by atoms with Crippen molar-refractivity contribution in [2.45, 2.75) is 53.9 Å². The molecule has 0 aliphatic carbocycles. The molecule has 0 saturated carbocycles. The van der Waals surface area contributed by atoms with Crippen molar-refractivity contribution in [3.05, 3.63) is 0 Å². The van der Waals surface area contributed by atoms with E-state index in [-0.39, 0.29) is 0 Å². The first-order chi connectivity index (χ1) is 5.98. The van der Waals surface area contributed by atoms with Crippen LogP contribution in [0.15, 0.2) is 0 Å². The molecule has 0 unspecified atom stereocenters. The normalized spacial score (nSPS) is 12.5. The maximum Gasteiger partial charge on any atom is -0.00258 e. The lowest BCUT2D eigenvalue weighted by Crippen LogP contribution is -2.25. The van der Waals surface area contributed by atoms with Crippen LogP contribution in [-0.2, 0) is 0 Å². The third kappa shape index (κ3) is 8.29. The van der Waals surface area contributed by atoms with Crippen molar-refractivity contribution >= 4 is 0 Å². The maximum atomic E-state index is 3.50. The highest BCUT2D eigenvalue weighted by atomic mass is 14.8. The monoisotopic (exact) mass is 185 g/mol. The van der Waals surface area contributed by atoms with E-state index in [2.05, 4.69) is 39.9 Å². The molecule has 1 heteroatoms. The molecule has 0 rings (SSSR count). The molecule has 0 heterocycles. The summed E-state index contributed by atoms with van der Waals surface area (Å²) in [5.41, 5.74) is 0.527. The Hall–Kier alpha value is -0.0400. The summed E-state index contributed by atoms with van der Waals surface area (Å²) in [6.45, 7) is 13.8. The van der Waals surface area contributed by atoms with Crippen molar-refractivity contribution in [3.8, 4) is 0 Å². The van der Waals surface area contributed by atoms with Crippen LogP contribution in [0.2, 0.25) is 0 Å². The smallest absolute Gasteiger partial charge is 0.00258 e. The molecular formula is C12H27N. The van der Waals surface area contributed by atoms with Gasteiger partial charge in [-0.2, -0.15) is 0 Å². The first kappa shape index (κ1) is 13.0. The Labute approximate surface area is 84.3 Å². The van der Waals surface area contributed by atoms with Crippen LogP contribution in [0.4, 0.5) is 0 Å². The van der Waals surface area contributed by atoms with Crippen LogP contribution in [-0.4, -0.2) is 13.1 Å². The summed E-state index contributed by atoms with van der Waals surface area (Å²) in [6, 6.07) is 0. The van der Waals surface area contributed by atoms with Gasteiger partial charge in [-0.3, -0.25) is 0 Å². The Kier molecular flexibility index (Phi) is 6.40. The van der Waals surface area contributed by atoms with Crippen LogP contribution in [0.3, 0.4) is 0 Å². The minimum Gasteiger partial charge on any atom is -0.316 e. The Morgan fingerprint density at radius 1 is 1.15 bits per heavy atom. The van der Waals surface area contributed by atoms with Gasteiger partial charge >= 0.3 is 0 Å². The first-order valence-corrected chi connectivity index (χ1v) is 5.68. The molecule has 0 aromatic carbocycles. The van der Waals surface area contributed by atoms with Crippen LogP contribution in [0.25, 0.3) is 0 Å². The van der Waals surface area contributed by atoms with E-state index in [1.165, 1.54) is 25.8 Å². The van der Waals surface area contributed by atoms with E-state index in [0.717, 1.165) is 12.5 Å². The fraction of sp³-hybridized carbons (Fsp3) is 1.00. The predicted octanol–water partition coefficient (Wildman–Crippen LogP) is 3.45. The summed E-state index contributed by atoms with van der Waals surface area (Å²) in [7, 11) is 0. The summed E-state index contributed by atoms with van der Waals surface area (Å²) >= 11 is 0. The topological polar surface area (TPSA) is 12.0 Å². The van der Waals surface area contributed by atoms with E-state index in [9.17, 15) is 0 Å². The van der Waals surface area contributed by atoms with Crippen LogP contribution in [0.1, 0.15) is 53.9 Å². The molecule has 0 radical (unpaired) electrons. The Morgan fingerprint density at radius 2 is 1.77 bits per heavy atom. The molecule has 0 aliphatic heterocycles. The molecule has 0 aromatic rings. The van der Waals surface area contributed by atoms with E-state index in [1.54, 1.807) is 0 Å². The summed E-state index contributed by atoms with van der Waals surface area (Å²) in [5, 5.41) is 3.50. The lowest BCUT2D eigenvalue weighted by atomic mass is 9.85. The second-order valence-corrected chi connectivity index (χ2v) is 5.26. The number of hydrogen-bond donors (Lipinski definition) is 1. The van der Waals surface area contributed by atoms with Gasteiger partial charge in [-0.1, -0.05) is 41.0 Å². The quantitative estimate of drug-likeness (QED) is 0.599. The summed E-state index contributed by atoms with van der Waals surface area (Å²) in [5.74, 6) is 0.772. The van der Waals surface area contributed by atoms with E-state index >= 15 is 0 Å². The maximum absolute atomic E-state index is 3.50. The third-order valence-electron chi connectivity index (χ3n) is 2.46. The average molecular weight is 185 g/mol. The third-order valence-corrected chi connectivity index (χ3v) is 2.46. The second-order valence-electron chi connectivity index (χ2n) is 5.26. The van der Waals surface area contributed by atoms with Gasteiger partial charge in [0.15, 0.2) is 0 Å². The largest absolute Gasteiger partial charge is 0.316 e. The standard InChI is InChI=1S/C12H27N/c1-6-7-12(4,5)8-9-13-10-11(2)3/h11,13H,6-10H2,1-5H3. The summed E-state index contributed by atoms with van der Waals surface area (Å²) in [6.07, 6.45) is 3.95. The van der Waals surface area contributed by atoms with Gasteiger partial charge in [-0.25, -0.2) is 0 Å². The lowest BCUT2D eigenvalue weighted by molar-refractivity contribution is 0.297. The molecule has 13 heavy (non-hydrogen) atoms. The van der Waals surface area contributed by atoms with Gasteiger partial charge in [0.05, 0.1) is 0 Å². The van der Waals surface area contributed by atoms with Crippen molar-refractivity contribution in [3.63, 3.8) is 0 Å². The zero-order chi connectivity index (χ0) is 10.3. The van der Waals surface area contributed by atoms with Crippen molar-refractivity contribution in [2.75, 3.05) is 13.1 Å². The van der Waals surface area contributed by atoms with Gasteiger partial charge in [0.25, 0.3) is 0 Å². The molecule has 0 aromatic heterocycles. The molecule has 80 valence electrons. The molecule has 1 N–H and O–H groups in total. The number of nitrogens with one attached hydrogen (secondary N) is 1. The molecule has 0 fully saturated rings. The highest BCUT2D eigenvalue weighted by molar-refractivity contribution is 4.69. The van der Waals surface area contributed by atoms with Gasteiger partial charge in [0, 0.05) is 0 Å². The van der Waals surface area contributed by atoms with Crippen LogP contribution in [0, 0.1) is 11.3 Å². The second kappa shape index (κ2) is 6.42. The zero-order valence-electron chi connectivity index (χ0n) is 10.1. The Morgan fingerprint density at radius 3 is 2.23 bits per heavy atom. The van der Waals surface area contributed by atoms with Crippen molar-refractivity contribution < 1.29 is 0 Å². The highest BCUT2D eigenvalue weighted by Gasteiger charge is 2.15. The SMILES string of the molecule is CCCC(C)(C)CCNCC(C)C. The molecule has 1 nitrogen and oxygen atoms in total. The van der Waals surface area contributed by atoms with Crippen LogP contribution >= 0.6 is 0 Å². The summed E-state index contributed by atoms with van der Waals surface area (Å²) in [4.78, 5) is 0. The van der Waals surface area contributed by atoms with E-state index in [4.69, 9.17) is 0 Å². The Balaban J connectivity index is 3.40. The van der Waals surface area contributed by atoms with Crippen LogP contribution in [0.5, 0.6) is 0 Å². The van der Waals surface area contributed by atoms with Crippen molar-refractivity contribution in [1.29, 1.82) is 0 Å². The minimum atomic E-state index is 0.527. The van der Waals surface area contributed by atoms with Crippen LogP contribution < -0.4 is 5.32 Å². The molecule has 0 saturated heterocycles. The fourth-order valence-electron chi connectivity index (χ4n) is 1.62. The van der Waals surface area contributed by atoms with E-state index < -0.39 is 0 Å². The van der Waals surface area contributed by atoms with Crippen molar-refractivity contribution in [1.82, 2.24) is 5.32 Å². The van der Waals surface area contributed by atoms with Crippen molar-refractivity contribution in [2.24, 2.45) is 11.3 Å². The minimum absolute atomic E-state index is 0.527. The average Bonchev–Trinajstić information content (AvgIpc) is 1.98. The van der Waals surface area contributed by atoms with Gasteiger partial charge < -0.3 is 5.32 Å². The summed E-state index contributed by atoms with van der Waals surface area (Å²) < 4.78 is 0. The number of hydrogen-bond acceptors (Lipinski definition) is 1. The molecule has 0 amide bonds. The predicted molar refractivity (Wildman–Crippen MR) is 61.0 cm³/mol.